The number of carbonyl (C=O) groups is 3. The van der Waals surface area contributed by atoms with Gasteiger partial charge in [-0.05, 0) is 30.3 Å². The fourth-order valence-electron chi connectivity index (χ4n) is 5.42. The first-order chi connectivity index (χ1) is 16.9. The molecule has 8 nitrogen and oxygen atoms in total. The number of anilines is 1. The van der Waals surface area contributed by atoms with E-state index in [-0.39, 0.29) is 17.7 Å². The molecule has 1 atom stereocenters. The van der Waals surface area contributed by atoms with Crippen molar-refractivity contribution in [2.24, 2.45) is 0 Å². The van der Waals surface area contributed by atoms with E-state index in [1.54, 1.807) is 31.3 Å². The number of rotatable bonds is 5. The van der Waals surface area contributed by atoms with Gasteiger partial charge in [0.1, 0.15) is 24.7 Å². The summed E-state index contributed by atoms with van der Waals surface area (Å²) in [5.74, 6) is -3.25. The lowest BCUT2D eigenvalue weighted by Gasteiger charge is -2.34. The molecule has 2 aromatic rings. The number of fused-ring (bicyclic) bond motifs is 2. The fourth-order valence-corrected chi connectivity index (χ4v) is 5.42. The van der Waals surface area contributed by atoms with Crippen LogP contribution < -0.4 is 9.80 Å². The number of halogens is 1. The fraction of sp³-hybridized carbons (Fsp3) is 0.346. The first-order valence-corrected chi connectivity index (χ1v) is 11.7. The molecular formula is C26H27FN3O5+. The van der Waals surface area contributed by atoms with Crippen molar-refractivity contribution < 1.29 is 33.5 Å². The molecule has 182 valence electrons. The van der Waals surface area contributed by atoms with Crippen LogP contribution in [0.15, 0.2) is 54.1 Å². The van der Waals surface area contributed by atoms with Gasteiger partial charge in [0.25, 0.3) is 17.6 Å². The van der Waals surface area contributed by atoms with Crippen molar-refractivity contribution >= 4 is 29.0 Å². The highest BCUT2D eigenvalue weighted by atomic mass is 19.1. The van der Waals surface area contributed by atoms with E-state index in [4.69, 9.17) is 4.74 Å². The molecule has 3 aliphatic heterocycles. The Morgan fingerprint density at radius 3 is 2.49 bits per heavy atom. The molecule has 35 heavy (non-hydrogen) atoms. The number of carbonyl (C=O) groups excluding carboxylic acids is 3. The van der Waals surface area contributed by atoms with E-state index in [2.05, 4.69) is 0 Å². The normalized spacial score (nSPS) is 24.0. The standard InChI is InChI=1S/C26H26FN3O5/c1-28-20-6-3-2-5-19(20)26(25(28)34)21(22(31)17-7-9-18(27)10-8-17)23(32)24(33)30(26)12-4-11-29-13-15-35-16-14-29/h2-3,5-10,31H,4,11-16H2,1H3/p+1/t26-/m0/s1. The number of aliphatic hydroxyl groups excluding tert-OH is 1. The van der Waals surface area contributed by atoms with Gasteiger partial charge in [0, 0.05) is 36.8 Å². The smallest absolute Gasteiger partial charge is 0.296 e. The Morgan fingerprint density at radius 1 is 1.09 bits per heavy atom. The molecular weight excluding hydrogens is 453 g/mol. The molecule has 1 spiro atoms. The van der Waals surface area contributed by atoms with Crippen LogP contribution in [0.25, 0.3) is 5.76 Å². The van der Waals surface area contributed by atoms with E-state index >= 15 is 0 Å². The minimum Gasteiger partial charge on any atom is -0.507 e. The van der Waals surface area contributed by atoms with Crippen LogP contribution in [0.1, 0.15) is 17.5 Å². The van der Waals surface area contributed by atoms with Crippen LogP contribution in [0.5, 0.6) is 0 Å². The van der Waals surface area contributed by atoms with Crippen molar-refractivity contribution in [2.75, 3.05) is 51.3 Å². The van der Waals surface area contributed by atoms with Crippen LogP contribution in [0.3, 0.4) is 0 Å². The number of nitrogens with one attached hydrogen (secondary N) is 1. The predicted octanol–water partition coefficient (Wildman–Crippen LogP) is 0.683. The van der Waals surface area contributed by atoms with Gasteiger partial charge in [-0.3, -0.25) is 14.4 Å². The van der Waals surface area contributed by atoms with Crippen LogP contribution >= 0.6 is 0 Å². The van der Waals surface area contributed by atoms with Crippen LogP contribution in [-0.4, -0.2) is 74.0 Å². The van der Waals surface area contributed by atoms with E-state index in [0.29, 0.717) is 30.9 Å². The number of nitrogens with zero attached hydrogens (tertiary/aromatic N) is 2. The van der Waals surface area contributed by atoms with E-state index in [9.17, 15) is 23.9 Å². The number of quaternary nitrogens is 1. The molecule has 3 heterocycles. The van der Waals surface area contributed by atoms with E-state index in [1.807, 2.05) is 0 Å². The molecule has 2 amide bonds. The number of likely N-dealkylation sites (tertiary alicyclic amines) is 1. The SMILES string of the molecule is CN1C(=O)[C@@]2(C(=C(O)c3ccc(F)cc3)C(=O)C(=O)N2CCC[NH+]2CCOCC2)c2ccccc21. The van der Waals surface area contributed by atoms with Crippen molar-refractivity contribution in [3.05, 3.63) is 71.0 Å². The van der Waals surface area contributed by atoms with Crippen molar-refractivity contribution in [1.29, 1.82) is 0 Å². The Morgan fingerprint density at radius 2 is 1.77 bits per heavy atom. The minimum absolute atomic E-state index is 0.154. The molecule has 0 radical (unpaired) electrons. The van der Waals surface area contributed by atoms with Crippen LogP contribution in [0.4, 0.5) is 10.1 Å². The summed E-state index contributed by atoms with van der Waals surface area (Å²) in [5, 5.41) is 11.3. The third-order valence-electron chi connectivity index (χ3n) is 7.17. The number of ketones is 1. The lowest BCUT2D eigenvalue weighted by atomic mass is 9.82. The van der Waals surface area contributed by atoms with Gasteiger partial charge in [-0.2, -0.15) is 0 Å². The van der Waals surface area contributed by atoms with Gasteiger partial charge in [0.05, 0.1) is 25.3 Å². The van der Waals surface area contributed by atoms with Gasteiger partial charge in [0.15, 0.2) is 5.54 Å². The third-order valence-corrected chi connectivity index (χ3v) is 7.17. The summed E-state index contributed by atoms with van der Waals surface area (Å²) >= 11 is 0. The van der Waals surface area contributed by atoms with E-state index in [0.717, 1.165) is 31.8 Å². The Bertz CT molecular complexity index is 1220. The Kier molecular flexibility index (Phi) is 5.90. The summed E-state index contributed by atoms with van der Waals surface area (Å²) < 4.78 is 18.9. The highest BCUT2D eigenvalue weighted by molar-refractivity contribution is 6.50. The second-order valence-electron chi connectivity index (χ2n) is 9.07. The summed E-state index contributed by atoms with van der Waals surface area (Å²) in [4.78, 5) is 44.8. The largest absolute Gasteiger partial charge is 0.507 e. The van der Waals surface area contributed by atoms with E-state index < -0.39 is 34.7 Å². The van der Waals surface area contributed by atoms with Crippen LogP contribution in [-0.2, 0) is 24.7 Å². The lowest BCUT2D eigenvalue weighted by Crippen LogP contribution is -3.14. The molecule has 0 saturated carbocycles. The van der Waals surface area contributed by atoms with Crippen molar-refractivity contribution in [2.45, 2.75) is 12.0 Å². The second-order valence-corrected chi connectivity index (χ2v) is 9.07. The zero-order chi connectivity index (χ0) is 24.7. The topological polar surface area (TPSA) is 91.6 Å². The Balaban J connectivity index is 1.63. The third kappa shape index (κ3) is 3.54. The number of hydrogen-bond acceptors (Lipinski definition) is 5. The molecule has 0 unspecified atom stereocenters. The molecule has 5 rings (SSSR count). The second kappa shape index (κ2) is 8.90. The predicted molar refractivity (Wildman–Crippen MR) is 125 cm³/mol. The summed E-state index contributed by atoms with van der Waals surface area (Å²) in [6.45, 7) is 4.00. The molecule has 2 aromatic carbocycles. The lowest BCUT2D eigenvalue weighted by molar-refractivity contribution is -0.908. The maximum absolute atomic E-state index is 13.9. The Hall–Kier alpha value is -3.56. The molecule has 0 bridgehead atoms. The van der Waals surface area contributed by atoms with Gasteiger partial charge < -0.3 is 24.5 Å². The van der Waals surface area contributed by atoms with Gasteiger partial charge in [-0.15, -0.1) is 0 Å². The number of morpholine rings is 1. The number of ether oxygens (including phenoxy) is 1. The molecule has 3 aliphatic rings. The molecule has 0 aliphatic carbocycles. The zero-order valence-corrected chi connectivity index (χ0v) is 19.4. The monoisotopic (exact) mass is 480 g/mol. The van der Waals surface area contributed by atoms with Crippen molar-refractivity contribution in [3.8, 4) is 0 Å². The van der Waals surface area contributed by atoms with Crippen LogP contribution in [0, 0.1) is 5.82 Å². The molecule has 2 fully saturated rings. The number of Topliss-reactive ketones (excluding diaryl/α,β-unsaturated/α-hetero) is 1. The van der Waals surface area contributed by atoms with Crippen molar-refractivity contribution in [3.63, 3.8) is 0 Å². The summed E-state index contributed by atoms with van der Waals surface area (Å²) in [7, 11) is 1.59. The highest BCUT2D eigenvalue weighted by Gasteiger charge is 2.66. The first kappa shape index (κ1) is 23.2. The average Bonchev–Trinajstić information content (AvgIpc) is 3.23. The number of likely N-dealkylation sites (N-methyl/N-ethyl adjacent to an activating group) is 1. The molecule has 2 N–H and O–H groups in total. The molecule has 2 saturated heterocycles. The zero-order valence-electron chi connectivity index (χ0n) is 19.4. The highest BCUT2D eigenvalue weighted by Crippen LogP contribution is 2.53. The summed E-state index contributed by atoms with van der Waals surface area (Å²) in [6, 6.07) is 11.9. The van der Waals surface area contributed by atoms with Crippen LogP contribution in [0.2, 0.25) is 0 Å². The number of hydrogen-bond donors (Lipinski definition) is 2. The van der Waals surface area contributed by atoms with Gasteiger partial charge in [0.2, 0.25) is 0 Å². The Labute approximate surface area is 202 Å². The molecule has 9 heteroatoms. The maximum atomic E-state index is 13.9. The quantitative estimate of drug-likeness (QED) is 0.373. The number of para-hydroxylation sites is 1. The van der Waals surface area contributed by atoms with Gasteiger partial charge >= 0.3 is 0 Å². The van der Waals surface area contributed by atoms with Gasteiger partial charge in [-0.1, -0.05) is 18.2 Å². The number of amides is 2. The first-order valence-electron chi connectivity index (χ1n) is 11.7. The van der Waals surface area contributed by atoms with E-state index in [1.165, 1.54) is 26.8 Å². The van der Waals surface area contributed by atoms with Gasteiger partial charge in [-0.25, -0.2) is 4.39 Å². The van der Waals surface area contributed by atoms with Crippen molar-refractivity contribution in [1.82, 2.24) is 4.90 Å². The summed E-state index contributed by atoms with van der Waals surface area (Å²) in [5.41, 5.74) is -0.878. The average molecular weight is 481 g/mol. The number of aliphatic hydroxyl groups is 1. The number of benzene rings is 2. The summed E-state index contributed by atoms with van der Waals surface area (Å²) in [6.07, 6.45) is 0.569. The minimum atomic E-state index is -1.78. The molecule has 0 aromatic heterocycles. The maximum Gasteiger partial charge on any atom is 0.296 e.